The predicted octanol–water partition coefficient (Wildman–Crippen LogP) is 5.60. The minimum atomic E-state index is -0.777. The fraction of sp³-hybridized carbons (Fsp3) is 0.909. The van der Waals surface area contributed by atoms with Gasteiger partial charge in [-0.1, -0.05) is 45.1 Å². The lowest BCUT2D eigenvalue weighted by Gasteiger charge is -2.60. The summed E-state index contributed by atoms with van der Waals surface area (Å²) in [6.07, 6.45) is 16.7. The maximum Gasteiger partial charge on any atom is 0.177 e. The molecule has 0 aliphatic heterocycles. The van der Waals surface area contributed by atoms with Crippen molar-refractivity contribution in [2.24, 2.45) is 23.2 Å². The molecule has 2 bridgehead atoms. The van der Waals surface area contributed by atoms with E-state index in [2.05, 4.69) is 6.58 Å². The van der Waals surface area contributed by atoms with E-state index in [9.17, 15) is 5.11 Å². The Morgan fingerprint density at radius 1 is 1.00 bits per heavy atom. The molecule has 0 heterocycles. The number of hydrogen-bond donors (Lipinski definition) is 1. The Morgan fingerprint density at radius 3 is 2.25 bits per heavy atom. The quantitative estimate of drug-likeness (QED) is 0.536. The zero-order chi connectivity index (χ0) is 16.8. The van der Waals surface area contributed by atoms with E-state index >= 15 is 0 Å². The van der Waals surface area contributed by atoms with Crippen LogP contribution in [0.4, 0.5) is 0 Å². The number of fused-ring (bicyclic) bond motifs is 2. The molecule has 2 nitrogen and oxygen atoms in total. The van der Waals surface area contributed by atoms with Gasteiger partial charge in [0.1, 0.15) is 0 Å². The van der Waals surface area contributed by atoms with Crippen LogP contribution in [0.25, 0.3) is 0 Å². The van der Waals surface area contributed by atoms with Gasteiger partial charge in [0.05, 0.1) is 5.60 Å². The second kappa shape index (κ2) is 6.43. The van der Waals surface area contributed by atoms with Gasteiger partial charge < -0.3 is 9.84 Å². The third-order valence-corrected chi connectivity index (χ3v) is 8.24. The molecule has 4 saturated carbocycles. The van der Waals surface area contributed by atoms with Gasteiger partial charge in [0.15, 0.2) is 6.29 Å². The number of aliphatic hydroxyl groups is 1. The van der Waals surface area contributed by atoms with E-state index in [-0.39, 0.29) is 5.60 Å². The van der Waals surface area contributed by atoms with Crippen LogP contribution in [0, 0.1) is 23.2 Å². The molecule has 0 amide bonds. The average Bonchev–Trinajstić information content (AvgIpc) is 3.21. The highest BCUT2D eigenvalue weighted by Gasteiger charge is 2.62. The summed E-state index contributed by atoms with van der Waals surface area (Å²) in [4.78, 5) is 0. The molecule has 0 aromatic rings. The minimum absolute atomic E-state index is 0.0795. The molecule has 136 valence electrons. The van der Waals surface area contributed by atoms with Gasteiger partial charge in [-0.3, -0.25) is 0 Å². The smallest absolute Gasteiger partial charge is 0.177 e. The number of aliphatic hydroxyl groups excluding tert-OH is 1. The third-order valence-electron chi connectivity index (χ3n) is 8.24. The molecule has 4 aliphatic rings. The van der Waals surface area contributed by atoms with Gasteiger partial charge >= 0.3 is 0 Å². The summed E-state index contributed by atoms with van der Waals surface area (Å²) >= 11 is 0. The van der Waals surface area contributed by atoms with Crippen LogP contribution in [-0.2, 0) is 4.74 Å². The van der Waals surface area contributed by atoms with Crippen LogP contribution in [-0.4, -0.2) is 17.0 Å². The molecule has 24 heavy (non-hydrogen) atoms. The Morgan fingerprint density at radius 2 is 1.67 bits per heavy atom. The van der Waals surface area contributed by atoms with E-state index in [1.54, 1.807) is 0 Å². The molecule has 1 N–H and O–H groups in total. The number of ether oxygens (including phenoxy) is 1. The van der Waals surface area contributed by atoms with Crippen molar-refractivity contribution in [1.82, 2.24) is 0 Å². The Labute approximate surface area is 148 Å². The highest BCUT2D eigenvalue weighted by molar-refractivity contribution is 5.13. The molecule has 4 rings (SSSR count). The van der Waals surface area contributed by atoms with Crippen LogP contribution in [0.3, 0.4) is 0 Å². The second-order valence-corrected chi connectivity index (χ2v) is 9.54. The first-order valence-electron chi connectivity index (χ1n) is 10.6. The zero-order valence-electron chi connectivity index (χ0n) is 15.6. The van der Waals surface area contributed by atoms with Crippen molar-refractivity contribution in [3.8, 4) is 0 Å². The summed E-state index contributed by atoms with van der Waals surface area (Å²) in [5.74, 6) is 2.47. The van der Waals surface area contributed by atoms with Crippen molar-refractivity contribution in [2.45, 2.75) is 102 Å². The molecule has 5 atom stereocenters. The van der Waals surface area contributed by atoms with E-state index in [4.69, 9.17) is 4.74 Å². The van der Waals surface area contributed by atoms with Crippen molar-refractivity contribution >= 4 is 0 Å². The van der Waals surface area contributed by atoms with Gasteiger partial charge in [-0.15, -0.1) is 0 Å². The summed E-state index contributed by atoms with van der Waals surface area (Å²) in [6, 6.07) is 0. The van der Waals surface area contributed by atoms with Crippen LogP contribution < -0.4 is 0 Å². The summed E-state index contributed by atoms with van der Waals surface area (Å²) in [5, 5.41) is 10.7. The normalized spacial score (nSPS) is 42.3. The molecule has 0 aromatic carbocycles. The van der Waals surface area contributed by atoms with Gasteiger partial charge in [-0.05, 0) is 80.6 Å². The van der Waals surface area contributed by atoms with Gasteiger partial charge in [0.2, 0.25) is 0 Å². The SMILES string of the molecule is C=C(C)C(O)OC1(C2CC3CCC2C3)CCCCC12CCCCC2. The van der Waals surface area contributed by atoms with Crippen molar-refractivity contribution in [1.29, 1.82) is 0 Å². The molecule has 4 fully saturated rings. The monoisotopic (exact) mass is 332 g/mol. The van der Waals surface area contributed by atoms with E-state index in [0.717, 1.165) is 17.4 Å². The lowest BCUT2D eigenvalue weighted by Crippen LogP contribution is -2.60. The van der Waals surface area contributed by atoms with E-state index < -0.39 is 6.29 Å². The average molecular weight is 333 g/mol. The molecule has 0 aromatic heterocycles. The summed E-state index contributed by atoms with van der Waals surface area (Å²) in [7, 11) is 0. The molecule has 1 spiro atoms. The molecular formula is C22H36O2. The number of hydrogen-bond acceptors (Lipinski definition) is 2. The zero-order valence-corrected chi connectivity index (χ0v) is 15.6. The van der Waals surface area contributed by atoms with E-state index in [1.807, 2.05) is 6.92 Å². The first-order chi connectivity index (χ1) is 11.6. The van der Waals surface area contributed by atoms with Crippen molar-refractivity contribution < 1.29 is 9.84 Å². The summed E-state index contributed by atoms with van der Waals surface area (Å²) in [5.41, 5.74) is 1.02. The Balaban J connectivity index is 1.71. The van der Waals surface area contributed by atoms with Crippen molar-refractivity contribution in [2.75, 3.05) is 0 Å². The van der Waals surface area contributed by atoms with Gasteiger partial charge in [0.25, 0.3) is 0 Å². The molecular weight excluding hydrogens is 296 g/mol. The predicted molar refractivity (Wildman–Crippen MR) is 97.6 cm³/mol. The molecule has 0 radical (unpaired) electrons. The van der Waals surface area contributed by atoms with E-state index in [1.165, 1.54) is 83.5 Å². The van der Waals surface area contributed by atoms with Crippen molar-refractivity contribution in [3.05, 3.63) is 12.2 Å². The lowest BCUT2D eigenvalue weighted by molar-refractivity contribution is -0.268. The molecule has 5 unspecified atom stereocenters. The molecule has 0 saturated heterocycles. The Hall–Kier alpha value is -0.340. The molecule has 4 aliphatic carbocycles. The van der Waals surface area contributed by atoms with E-state index in [0.29, 0.717) is 11.3 Å². The standard InChI is InChI=1S/C22H36O2/c1-16(2)20(23)24-22(19-15-17-8-9-18(19)14-17)13-7-6-12-21(22)10-4-3-5-11-21/h17-20,23H,1,3-15H2,2H3. The number of rotatable bonds is 4. The van der Waals surface area contributed by atoms with Crippen LogP contribution in [0.5, 0.6) is 0 Å². The van der Waals surface area contributed by atoms with Crippen molar-refractivity contribution in [3.63, 3.8) is 0 Å². The van der Waals surface area contributed by atoms with Gasteiger partial charge in [-0.25, -0.2) is 0 Å². The lowest BCUT2D eigenvalue weighted by atomic mass is 9.51. The second-order valence-electron chi connectivity index (χ2n) is 9.54. The fourth-order valence-electron chi connectivity index (χ4n) is 7.20. The third kappa shape index (κ3) is 2.60. The summed E-state index contributed by atoms with van der Waals surface area (Å²) < 4.78 is 6.73. The van der Waals surface area contributed by atoms with Gasteiger partial charge in [0, 0.05) is 0 Å². The topological polar surface area (TPSA) is 29.5 Å². The first-order valence-corrected chi connectivity index (χ1v) is 10.6. The maximum absolute atomic E-state index is 10.7. The summed E-state index contributed by atoms with van der Waals surface area (Å²) in [6.45, 7) is 5.90. The Bertz CT molecular complexity index is 470. The minimum Gasteiger partial charge on any atom is -0.364 e. The highest BCUT2D eigenvalue weighted by Crippen LogP contribution is 2.65. The van der Waals surface area contributed by atoms with Crippen LogP contribution in [0.2, 0.25) is 0 Å². The highest BCUT2D eigenvalue weighted by atomic mass is 16.6. The van der Waals surface area contributed by atoms with Gasteiger partial charge in [-0.2, -0.15) is 0 Å². The van der Waals surface area contributed by atoms with Crippen LogP contribution in [0.15, 0.2) is 12.2 Å². The molecule has 2 heteroatoms. The fourth-order valence-corrected chi connectivity index (χ4v) is 7.20. The first kappa shape index (κ1) is 17.1. The maximum atomic E-state index is 10.7. The van der Waals surface area contributed by atoms with Crippen LogP contribution in [0.1, 0.15) is 90.4 Å². The Kier molecular flexibility index (Phi) is 4.58. The largest absolute Gasteiger partial charge is 0.364 e. The van der Waals surface area contributed by atoms with Crippen LogP contribution >= 0.6 is 0 Å².